The normalized spacial score (nSPS) is 15.6. The molecule has 1 rings (SSSR count). The Labute approximate surface area is 97.1 Å². The largest absolute Gasteiger partial charge is 0.389 e. The first-order valence-corrected chi connectivity index (χ1v) is 5.26. The SMILES string of the molecule is CC(O)(CCCC(F)(F)F)c1cccc(F)c1. The molecule has 0 saturated heterocycles. The quantitative estimate of drug-likeness (QED) is 0.806. The Morgan fingerprint density at radius 1 is 1.18 bits per heavy atom. The Morgan fingerprint density at radius 3 is 2.35 bits per heavy atom. The Morgan fingerprint density at radius 2 is 1.82 bits per heavy atom. The third-order valence-corrected chi connectivity index (χ3v) is 2.57. The number of hydrogen-bond acceptors (Lipinski definition) is 1. The third kappa shape index (κ3) is 4.73. The van der Waals surface area contributed by atoms with Crippen molar-refractivity contribution in [3.63, 3.8) is 0 Å². The summed E-state index contributed by atoms with van der Waals surface area (Å²) in [5.74, 6) is -0.515. The second-order valence-electron chi connectivity index (χ2n) is 4.25. The summed E-state index contributed by atoms with van der Waals surface area (Å²) in [4.78, 5) is 0. The van der Waals surface area contributed by atoms with Crippen molar-refractivity contribution >= 4 is 0 Å². The Bertz CT molecular complexity index is 371. The highest BCUT2D eigenvalue weighted by atomic mass is 19.4. The van der Waals surface area contributed by atoms with Gasteiger partial charge < -0.3 is 5.11 Å². The van der Waals surface area contributed by atoms with Gasteiger partial charge in [0, 0.05) is 6.42 Å². The summed E-state index contributed by atoms with van der Waals surface area (Å²) in [6, 6.07) is 5.27. The first-order chi connectivity index (χ1) is 7.71. The molecule has 0 aliphatic carbocycles. The van der Waals surface area contributed by atoms with Crippen molar-refractivity contribution in [1.29, 1.82) is 0 Å². The summed E-state index contributed by atoms with van der Waals surface area (Å²) >= 11 is 0. The van der Waals surface area contributed by atoms with Crippen LogP contribution in [-0.2, 0) is 5.60 Å². The van der Waals surface area contributed by atoms with Crippen LogP contribution in [0.25, 0.3) is 0 Å². The van der Waals surface area contributed by atoms with Gasteiger partial charge in [-0.25, -0.2) is 4.39 Å². The molecule has 1 aromatic carbocycles. The van der Waals surface area contributed by atoms with Crippen molar-refractivity contribution in [2.24, 2.45) is 0 Å². The van der Waals surface area contributed by atoms with E-state index in [1.54, 1.807) is 0 Å². The highest BCUT2D eigenvalue weighted by Gasteiger charge is 2.29. The first kappa shape index (κ1) is 14.0. The molecule has 1 nitrogen and oxygen atoms in total. The van der Waals surface area contributed by atoms with Gasteiger partial charge in [-0.05, 0) is 37.5 Å². The molecule has 0 bridgehead atoms. The maximum atomic E-state index is 12.9. The first-order valence-electron chi connectivity index (χ1n) is 5.26. The molecular formula is C12H14F4O. The van der Waals surface area contributed by atoms with Crippen LogP contribution in [0.2, 0.25) is 0 Å². The number of aliphatic hydroxyl groups is 1. The average molecular weight is 250 g/mol. The van der Waals surface area contributed by atoms with Gasteiger partial charge in [-0.2, -0.15) is 13.2 Å². The predicted octanol–water partition coefficient (Wildman–Crippen LogP) is 3.77. The predicted molar refractivity (Wildman–Crippen MR) is 55.9 cm³/mol. The van der Waals surface area contributed by atoms with E-state index < -0.39 is 24.0 Å². The van der Waals surface area contributed by atoms with E-state index in [1.165, 1.54) is 25.1 Å². The molecule has 1 aromatic rings. The van der Waals surface area contributed by atoms with Crippen molar-refractivity contribution in [1.82, 2.24) is 0 Å². The molecule has 0 amide bonds. The molecule has 0 fully saturated rings. The van der Waals surface area contributed by atoms with Gasteiger partial charge in [0.25, 0.3) is 0 Å². The molecule has 0 aromatic heterocycles. The fourth-order valence-electron chi connectivity index (χ4n) is 1.60. The Kier molecular flexibility index (Phi) is 4.14. The summed E-state index contributed by atoms with van der Waals surface area (Å²) in [7, 11) is 0. The van der Waals surface area contributed by atoms with Crippen LogP contribution in [0.5, 0.6) is 0 Å². The number of alkyl halides is 3. The van der Waals surface area contributed by atoms with Crippen molar-refractivity contribution < 1.29 is 22.7 Å². The molecular weight excluding hydrogens is 236 g/mol. The van der Waals surface area contributed by atoms with E-state index in [0.717, 1.165) is 6.07 Å². The van der Waals surface area contributed by atoms with Crippen LogP contribution in [0.15, 0.2) is 24.3 Å². The summed E-state index contributed by atoms with van der Waals surface area (Å²) in [5, 5.41) is 9.97. The standard InChI is InChI=1S/C12H14F4O/c1-11(17,6-3-7-12(14,15)16)9-4-2-5-10(13)8-9/h2,4-5,8,17H,3,6-7H2,1H3. The van der Waals surface area contributed by atoms with Crippen LogP contribution in [0, 0.1) is 5.82 Å². The molecule has 1 N–H and O–H groups in total. The lowest BCUT2D eigenvalue weighted by atomic mass is 9.90. The van der Waals surface area contributed by atoms with E-state index in [4.69, 9.17) is 0 Å². The number of rotatable bonds is 4. The lowest BCUT2D eigenvalue weighted by molar-refractivity contribution is -0.137. The van der Waals surface area contributed by atoms with Crippen molar-refractivity contribution in [3.8, 4) is 0 Å². The topological polar surface area (TPSA) is 20.2 Å². The summed E-state index contributed by atoms with van der Waals surface area (Å²) in [6.45, 7) is 1.39. The Hall–Kier alpha value is -1.10. The fourth-order valence-corrected chi connectivity index (χ4v) is 1.60. The van der Waals surface area contributed by atoms with Crippen LogP contribution in [0.1, 0.15) is 31.7 Å². The maximum Gasteiger partial charge on any atom is 0.389 e. The molecule has 0 saturated carbocycles. The van der Waals surface area contributed by atoms with Crippen LogP contribution >= 0.6 is 0 Å². The van der Waals surface area contributed by atoms with Crippen molar-refractivity contribution in [2.45, 2.75) is 38.0 Å². The third-order valence-electron chi connectivity index (χ3n) is 2.57. The van der Waals surface area contributed by atoms with Gasteiger partial charge in [-0.1, -0.05) is 12.1 Å². The molecule has 1 unspecified atom stereocenters. The summed E-state index contributed by atoms with van der Waals surface area (Å²) < 4.78 is 48.8. The van der Waals surface area contributed by atoms with Gasteiger partial charge in [-0.15, -0.1) is 0 Å². The lowest BCUT2D eigenvalue weighted by Crippen LogP contribution is -2.22. The minimum atomic E-state index is -4.22. The van der Waals surface area contributed by atoms with Gasteiger partial charge >= 0.3 is 6.18 Å². The smallest absolute Gasteiger partial charge is 0.385 e. The number of halogens is 4. The molecule has 0 spiro atoms. The van der Waals surface area contributed by atoms with E-state index in [0.29, 0.717) is 5.56 Å². The van der Waals surface area contributed by atoms with Crippen LogP contribution in [0.3, 0.4) is 0 Å². The van der Waals surface area contributed by atoms with E-state index in [2.05, 4.69) is 0 Å². The zero-order valence-electron chi connectivity index (χ0n) is 9.39. The van der Waals surface area contributed by atoms with Gasteiger partial charge in [0.1, 0.15) is 5.82 Å². The van der Waals surface area contributed by atoms with E-state index in [9.17, 15) is 22.7 Å². The molecule has 0 aliphatic heterocycles. The molecule has 0 heterocycles. The molecule has 5 heteroatoms. The van der Waals surface area contributed by atoms with Crippen LogP contribution in [0.4, 0.5) is 17.6 Å². The highest BCUT2D eigenvalue weighted by Crippen LogP contribution is 2.30. The molecule has 96 valence electrons. The summed E-state index contributed by atoms with van der Waals surface area (Å²) in [5.41, 5.74) is -1.15. The number of hydrogen-bond donors (Lipinski definition) is 1. The maximum absolute atomic E-state index is 12.9. The minimum absolute atomic E-state index is 0.0596. The average Bonchev–Trinajstić information content (AvgIpc) is 2.15. The van der Waals surface area contributed by atoms with Crippen LogP contribution < -0.4 is 0 Å². The lowest BCUT2D eigenvalue weighted by Gasteiger charge is -2.24. The van der Waals surface area contributed by atoms with E-state index in [1.807, 2.05) is 0 Å². The molecule has 0 radical (unpaired) electrons. The highest BCUT2D eigenvalue weighted by molar-refractivity contribution is 5.22. The van der Waals surface area contributed by atoms with Gasteiger partial charge in [-0.3, -0.25) is 0 Å². The monoisotopic (exact) mass is 250 g/mol. The van der Waals surface area contributed by atoms with Gasteiger partial charge in [0.15, 0.2) is 0 Å². The second kappa shape index (κ2) is 5.04. The summed E-state index contributed by atoms with van der Waals surface area (Å²) in [6.07, 6.45) is -5.42. The van der Waals surface area contributed by atoms with Crippen molar-refractivity contribution in [2.75, 3.05) is 0 Å². The van der Waals surface area contributed by atoms with Gasteiger partial charge in [0.2, 0.25) is 0 Å². The van der Waals surface area contributed by atoms with E-state index in [-0.39, 0.29) is 12.8 Å². The van der Waals surface area contributed by atoms with Crippen molar-refractivity contribution in [3.05, 3.63) is 35.6 Å². The molecule has 0 aliphatic rings. The zero-order chi connectivity index (χ0) is 13.1. The van der Waals surface area contributed by atoms with E-state index >= 15 is 0 Å². The fraction of sp³-hybridized carbons (Fsp3) is 0.500. The number of benzene rings is 1. The molecule has 1 atom stereocenters. The second-order valence-corrected chi connectivity index (χ2v) is 4.25. The van der Waals surface area contributed by atoms with Gasteiger partial charge in [0.05, 0.1) is 5.60 Å². The minimum Gasteiger partial charge on any atom is -0.385 e. The Balaban J connectivity index is 2.62. The zero-order valence-corrected chi connectivity index (χ0v) is 9.39. The van der Waals surface area contributed by atoms with Crippen LogP contribution in [-0.4, -0.2) is 11.3 Å². The molecule has 17 heavy (non-hydrogen) atoms.